The molecular weight excluding hydrogens is 376 g/mol. The number of hydrogen-bond acceptors (Lipinski definition) is 5. The van der Waals surface area contributed by atoms with Crippen LogP contribution in [-0.2, 0) is 13.1 Å². The van der Waals surface area contributed by atoms with E-state index in [4.69, 9.17) is 4.52 Å². The number of aliphatic imine (C=N–C) groups is 1. The number of aromatic nitrogens is 2. The summed E-state index contributed by atoms with van der Waals surface area (Å²) in [7, 11) is 1.84. The van der Waals surface area contributed by atoms with E-state index in [0.29, 0.717) is 0 Å². The Morgan fingerprint density at radius 2 is 1.97 bits per heavy atom. The van der Waals surface area contributed by atoms with Gasteiger partial charge in [-0.1, -0.05) is 29.4 Å². The highest BCUT2D eigenvalue weighted by molar-refractivity contribution is 5.80. The maximum Gasteiger partial charge on any atom is 0.194 e. The molecule has 7 nitrogen and oxygen atoms in total. The van der Waals surface area contributed by atoms with E-state index in [9.17, 15) is 0 Å². The van der Waals surface area contributed by atoms with Crippen molar-refractivity contribution >= 4 is 5.96 Å². The van der Waals surface area contributed by atoms with Crippen molar-refractivity contribution in [3.63, 3.8) is 0 Å². The second-order valence-electron chi connectivity index (χ2n) is 7.51. The van der Waals surface area contributed by atoms with Gasteiger partial charge >= 0.3 is 0 Å². The Hall–Kier alpha value is -3.19. The van der Waals surface area contributed by atoms with E-state index in [2.05, 4.69) is 54.5 Å². The molecule has 1 saturated heterocycles. The minimum Gasteiger partial charge on any atom is -0.361 e. The monoisotopic (exact) mass is 404 g/mol. The molecule has 0 unspecified atom stereocenters. The van der Waals surface area contributed by atoms with Crippen LogP contribution >= 0.6 is 0 Å². The van der Waals surface area contributed by atoms with E-state index in [0.717, 1.165) is 67.9 Å². The lowest BCUT2D eigenvalue weighted by Gasteiger charge is -2.36. The number of nitrogens with zero attached hydrogens (tertiary/aromatic N) is 5. The van der Waals surface area contributed by atoms with Gasteiger partial charge in [-0.2, -0.15) is 0 Å². The summed E-state index contributed by atoms with van der Waals surface area (Å²) < 4.78 is 5.17. The molecule has 1 aromatic carbocycles. The number of nitrogens with one attached hydrogen (secondary N) is 1. The molecule has 1 N–H and O–H groups in total. The molecule has 30 heavy (non-hydrogen) atoms. The fourth-order valence-corrected chi connectivity index (χ4v) is 3.73. The topological polar surface area (TPSA) is 69.8 Å². The lowest BCUT2D eigenvalue weighted by molar-refractivity contribution is 0.169. The minimum atomic E-state index is 0.728. The van der Waals surface area contributed by atoms with E-state index in [1.165, 1.54) is 5.56 Å². The van der Waals surface area contributed by atoms with Crippen LogP contribution in [0.3, 0.4) is 0 Å². The number of piperazine rings is 1. The van der Waals surface area contributed by atoms with Crippen molar-refractivity contribution in [2.75, 3.05) is 33.2 Å². The van der Waals surface area contributed by atoms with Crippen molar-refractivity contribution in [3.05, 3.63) is 71.7 Å². The molecular formula is C23H28N6O. The minimum absolute atomic E-state index is 0.728. The zero-order valence-corrected chi connectivity index (χ0v) is 17.6. The maximum absolute atomic E-state index is 5.17. The second kappa shape index (κ2) is 9.54. The van der Waals surface area contributed by atoms with Crippen molar-refractivity contribution in [1.29, 1.82) is 0 Å². The zero-order chi connectivity index (χ0) is 20.8. The number of pyridine rings is 1. The van der Waals surface area contributed by atoms with Crippen LogP contribution in [0.4, 0.5) is 0 Å². The average Bonchev–Trinajstić information content (AvgIpc) is 3.20. The van der Waals surface area contributed by atoms with Gasteiger partial charge in [0.1, 0.15) is 5.76 Å². The van der Waals surface area contributed by atoms with Gasteiger partial charge in [0, 0.05) is 64.1 Å². The van der Waals surface area contributed by atoms with Gasteiger partial charge in [-0.3, -0.25) is 14.9 Å². The zero-order valence-electron chi connectivity index (χ0n) is 17.6. The Morgan fingerprint density at radius 3 is 2.67 bits per heavy atom. The third-order valence-electron chi connectivity index (χ3n) is 5.28. The van der Waals surface area contributed by atoms with Crippen LogP contribution in [0.25, 0.3) is 11.3 Å². The molecule has 1 fully saturated rings. The van der Waals surface area contributed by atoms with Crippen LogP contribution in [0.2, 0.25) is 0 Å². The lowest BCUT2D eigenvalue weighted by Crippen LogP contribution is -2.52. The number of guanidine groups is 1. The molecule has 156 valence electrons. The summed E-state index contributed by atoms with van der Waals surface area (Å²) in [4.78, 5) is 13.7. The molecule has 0 bridgehead atoms. The van der Waals surface area contributed by atoms with E-state index >= 15 is 0 Å². The van der Waals surface area contributed by atoms with Crippen molar-refractivity contribution in [2.24, 2.45) is 4.99 Å². The highest BCUT2D eigenvalue weighted by Gasteiger charge is 2.20. The van der Waals surface area contributed by atoms with Crippen LogP contribution in [0, 0.1) is 6.92 Å². The third kappa shape index (κ3) is 5.04. The first-order valence-electron chi connectivity index (χ1n) is 10.3. The summed E-state index contributed by atoms with van der Waals surface area (Å²) in [6.07, 6.45) is 1.82. The molecule has 0 aliphatic carbocycles. The summed E-state index contributed by atoms with van der Waals surface area (Å²) in [5.41, 5.74) is 4.32. The fourth-order valence-electron chi connectivity index (χ4n) is 3.73. The molecule has 0 radical (unpaired) electrons. The average molecular weight is 405 g/mol. The van der Waals surface area contributed by atoms with Gasteiger partial charge in [-0.25, -0.2) is 0 Å². The normalized spacial score (nSPS) is 15.4. The molecule has 0 spiro atoms. The molecule has 0 atom stereocenters. The second-order valence-corrected chi connectivity index (χ2v) is 7.51. The predicted octanol–water partition coefficient (Wildman–Crippen LogP) is 2.94. The smallest absolute Gasteiger partial charge is 0.194 e. The molecule has 7 heteroatoms. The summed E-state index contributed by atoms with van der Waals surface area (Å²) in [5, 5.41) is 7.61. The highest BCUT2D eigenvalue weighted by Crippen LogP contribution is 2.17. The molecule has 1 aliphatic rings. The fraction of sp³-hybridized carbons (Fsp3) is 0.348. The number of hydrogen-bond donors (Lipinski definition) is 1. The Balaban J connectivity index is 1.30. The quantitative estimate of drug-likeness (QED) is 0.521. The van der Waals surface area contributed by atoms with Gasteiger partial charge in [0.25, 0.3) is 0 Å². The Labute approximate surface area is 177 Å². The standard InChI is InChI=1S/C23H28N6O/c1-18-14-21(27-30-18)17-28-10-12-29(13-11-28)23(24-2)26-16-19-6-5-7-20(15-19)22-8-3-4-9-25-22/h3-9,14-15H,10-13,16-17H2,1-2H3,(H,24,26). The van der Waals surface area contributed by atoms with Gasteiger partial charge in [-0.15, -0.1) is 0 Å². The van der Waals surface area contributed by atoms with Crippen molar-refractivity contribution < 1.29 is 4.52 Å². The molecule has 4 rings (SSSR count). The summed E-state index contributed by atoms with van der Waals surface area (Å²) >= 11 is 0. The summed E-state index contributed by atoms with van der Waals surface area (Å²) in [6, 6.07) is 16.5. The van der Waals surface area contributed by atoms with Gasteiger partial charge in [0.05, 0.1) is 11.4 Å². The largest absolute Gasteiger partial charge is 0.361 e. The number of rotatable bonds is 5. The summed E-state index contributed by atoms with van der Waals surface area (Å²) in [6.45, 7) is 7.30. The van der Waals surface area contributed by atoms with Crippen LogP contribution in [-0.4, -0.2) is 59.1 Å². The number of aryl methyl sites for hydroxylation is 1. The van der Waals surface area contributed by atoms with Gasteiger partial charge < -0.3 is 14.7 Å². The van der Waals surface area contributed by atoms with Gasteiger partial charge in [-0.05, 0) is 30.7 Å². The van der Waals surface area contributed by atoms with E-state index in [1.807, 2.05) is 44.4 Å². The van der Waals surface area contributed by atoms with Crippen LogP contribution < -0.4 is 5.32 Å². The van der Waals surface area contributed by atoms with Crippen LogP contribution in [0.15, 0.2) is 64.2 Å². The van der Waals surface area contributed by atoms with Crippen LogP contribution in [0.1, 0.15) is 17.0 Å². The maximum atomic E-state index is 5.17. The van der Waals surface area contributed by atoms with Crippen LogP contribution in [0.5, 0.6) is 0 Å². The van der Waals surface area contributed by atoms with Crippen molar-refractivity contribution in [1.82, 2.24) is 25.3 Å². The highest BCUT2D eigenvalue weighted by atomic mass is 16.5. The molecule has 0 amide bonds. The van der Waals surface area contributed by atoms with E-state index in [1.54, 1.807) is 0 Å². The Bertz CT molecular complexity index is 976. The van der Waals surface area contributed by atoms with E-state index in [-0.39, 0.29) is 0 Å². The molecule has 3 heterocycles. The SMILES string of the molecule is CN=C(NCc1cccc(-c2ccccn2)c1)N1CCN(Cc2cc(C)on2)CC1. The predicted molar refractivity (Wildman–Crippen MR) is 118 cm³/mol. The Kier molecular flexibility index (Phi) is 6.39. The molecule has 0 saturated carbocycles. The molecule has 1 aliphatic heterocycles. The molecule has 3 aromatic rings. The first kappa shape index (κ1) is 20.1. The first-order chi connectivity index (χ1) is 14.7. The lowest BCUT2D eigenvalue weighted by atomic mass is 10.1. The van der Waals surface area contributed by atoms with Gasteiger partial charge in [0.2, 0.25) is 0 Å². The summed E-state index contributed by atoms with van der Waals surface area (Å²) in [5.74, 6) is 1.80. The number of benzene rings is 1. The first-order valence-corrected chi connectivity index (χ1v) is 10.3. The van der Waals surface area contributed by atoms with Gasteiger partial charge in [0.15, 0.2) is 5.96 Å². The van der Waals surface area contributed by atoms with E-state index < -0.39 is 0 Å². The Morgan fingerprint density at radius 1 is 1.10 bits per heavy atom. The van der Waals surface area contributed by atoms with Crippen molar-refractivity contribution in [3.8, 4) is 11.3 Å². The molecule has 2 aromatic heterocycles. The van der Waals surface area contributed by atoms with Crippen molar-refractivity contribution in [2.45, 2.75) is 20.0 Å². The third-order valence-corrected chi connectivity index (χ3v) is 5.28.